The van der Waals surface area contributed by atoms with Crippen molar-refractivity contribution in [2.45, 2.75) is 57.4 Å². The molecule has 3 amide bonds. The summed E-state index contributed by atoms with van der Waals surface area (Å²) < 4.78 is 0. The number of imide groups is 1. The minimum atomic E-state index is -0.619. The molecule has 1 aliphatic carbocycles. The molecule has 2 rings (SSSR count). The Labute approximate surface area is 107 Å². The third-order valence-electron chi connectivity index (χ3n) is 3.93. The summed E-state index contributed by atoms with van der Waals surface area (Å²) in [6, 6.07) is -0.286. The topological polar surface area (TPSA) is 66.5 Å². The van der Waals surface area contributed by atoms with Crippen molar-refractivity contribution in [3.8, 4) is 0 Å². The summed E-state index contributed by atoms with van der Waals surface area (Å²) in [4.78, 5) is 36.5. The molecule has 0 radical (unpaired) electrons. The van der Waals surface area contributed by atoms with Gasteiger partial charge in [-0.2, -0.15) is 0 Å². The summed E-state index contributed by atoms with van der Waals surface area (Å²) in [5.74, 6) is 0.0894. The van der Waals surface area contributed by atoms with Crippen LogP contribution in [0.2, 0.25) is 0 Å². The van der Waals surface area contributed by atoms with Gasteiger partial charge in [-0.15, -0.1) is 0 Å². The summed E-state index contributed by atoms with van der Waals surface area (Å²) in [7, 11) is 0. The lowest BCUT2D eigenvalue weighted by molar-refractivity contribution is -0.131. The maximum absolute atomic E-state index is 12.2. The standard InChI is InChI=1S/C13H20N2O3/c1-2-10(16)6-5-9-15-11(17)13(14-12(15)18)7-3-4-8-13/h2-9H2,1H3,(H,14,18). The van der Waals surface area contributed by atoms with Crippen LogP contribution in [-0.4, -0.2) is 34.7 Å². The Bertz CT molecular complexity index is 372. The zero-order chi connectivity index (χ0) is 13.2. The van der Waals surface area contributed by atoms with Crippen LogP contribution >= 0.6 is 0 Å². The second-order valence-electron chi connectivity index (χ2n) is 5.17. The normalized spacial score (nSPS) is 21.7. The first-order chi connectivity index (χ1) is 8.59. The van der Waals surface area contributed by atoms with Crippen LogP contribution in [-0.2, 0) is 9.59 Å². The number of nitrogens with one attached hydrogen (secondary N) is 1. The summed E-state index contributed by atoms with van der Waals surface area (Å²) in [5.41, 5.74) is -0.619. The summed E-state index contributed by atoms with van der Waals surface area (Å²) in [6.45, 7) is 2.18. The molecule has 18 heavy (non-hydrogen) atoms. The van der Waals surface area contributed by atoms with Gasteiger partial charge in [-0.05, 0) is 19.3 Å². The van der Waals surface area contributed by atoms with Gasteiger partial charge in [-0.3, -0.25) is 14.5 Å². The van der Waals surface area contributed by atoms with Crippen molar-refractivity contribution >= 4 is 17.7 Å². The van der Waals surface area contributed by atoms with Crippen molar-refractivity contribution in [1.29, 1.82) is 0 Å². The van der Waals surface area contributed by atoms with E-state index in [-0.39, 0.29) is 17.7 Å². The third kappa shape index (κ3) is 2.26. The Morgan fingerprint density at radius 2 is 2.00 bits per heavy atom. The van der Waals surface area contributed by atoms with Crippen LogP contribution in [0.5, 0.6) is 0 Å². The third-order valence-corrected chi connectivity index (χ3v) is 3.93. The minimum absolute atomic E-state index is 0.0889. The van der Waals surface area contributed by atoms with Crippen LogP contribution in [0.15, 0.2) is 0 Å². The molecule has 0 aromatic carbocycles. The van der Waals surface area contributed by atoms with Gasteiger partial charge in [-0.25, -0.2) is 4.79 Å². The number of rotatable bonds is 5. The fourth-order valence-electron chi connectivity index (χ4n) is 2.81. The molecular formula is C13H20N2O3. The van der Waals surface area contributed by atoms with E-state index in [4.69, 9.17) is 0 Å². The fourth-order valence-corrected chi connectivity index (χ4v) is 2.81. The average molecular weight is 252 g/mol. The van der Waals surface area contributed by atoms with Gasteiger partial charge in [0.05, 0.1) is 0 Å². The second-order valence-corrected chi connectivity index (χ2v) is 5.17. The molecule has 2 aliphatic rings. The van der Waals surface area contributed by atoms with E-state index in [0.29, 0.717) is 25.8 Å². The average Bonchev–Trinajstić information content (AvgIpc) is 2.90. The van der Waals surface area contributed by atoms with E-state index in [0.717, 1.165) is 25.7 Å². The van der Waals surface area contributed by atoms with Crippen molar-refractivity contribution in [3.63, 3.8) is 0 Å². The molecule has 0 aromatic heterocycles. The highest BCUT2D eigenvalue weighted by molar-refractivity contribution is 6.07. The van der Waals surface area contributed by atoms with Crippen molar-refractivity contribution in [2.75, 3.05) is 6.54 Å². The minimum Gasteiger partial charge on any atom is -0.323 e. The number of hydrogen-bond donors (Lipinski definition) is 1. The zero-order valence-corrected chi connectivity index (χ0v) is 10.8. The monoisotopic (exact) mass is 252 g/mol. The van der Waals surface area contributed by atoms with E-state index in [1.165, 1.54) is 4.90 Å². The van der Waals surface area contributed by atoms with Crippen molar-refractivity contribution in [2.24, 2.45) is 0 Å². The SMILES string of the molecule is CCC(=O)CCCN1C(=O)NC2(CCCC2)C1=O. The van der Waals surface area contributed by atoms with Gasteiger partial charge >= 0.3 is 6.03 Å². The van der Waals surface area contributed by atoms with E-state index in [9.17, 15) is 14.4 Å². The predicted molar refractivity (Wildman–Crippen MR) is 66.0 cm³/mol. The number of nitrogens with zero attached hydrogens (tertiary/aromatic N) is 1. The van der Waals surface area contributed by atoms with Crippen LogP contribution in [0.4, 0.5) is 4.79 Å². The molecule has 0 atom stereocenters. The predicted octanol–water partition coefficient (Wildman–Crippen LogP) is 1.61. The van der Waals surface area contributed by atoms with E-state index >= 15 is 0 Å². The summed E-state index contributed by atoms with van der Waals surface area (Å²) >= 11 is 0. The van der Waals surface area contributed by atoms with Crippen LogP contribution in [0, 0.1) is 0 Å². The molecule has 1 heterocycles. The van der Waals surface area contributed by atoms with Gasteiger partial charge < -0.3 is 5.32 Å². The highest BCUT2D eigenvalue weighted by atomic mass is 16.2. The maximum Gasteiger partial charge on any atom is 0.325 e. The summed E-state index contributed by atoms with van der Waals surface area (Å²) in [6.07, 6.45) is 5.03. The Kier molecular flexibility index (Phi) is 3.68. The van der Waals surface area contributed by atoms with E-state index in [1.54, 1.807) is 0 Å². The van der Waals surface area contributed by atoms with Crippen molar-refractivity contribution in [1.82, 2.24) is 10.2 Å². The van der Waals surface area contributed by atoms with Crippen molar-refractivity contribution in [3.05, 3.63) is 0 Å². The molecule has 1 spiro atoms. The van der Waals surface area contributed by atoms with Gasteiger partial charge in [0.15, 0.2) is 0 Å². The largest absolute Gasteiger partial charge is 0.325 e. The number of Topliss-reactive ketones (excluding diaryl/α,β-unsaturated/α-hetero) is 1. The fraction of sp³-hybridized carbons (Fsp3) is 0.769. The summed E-state index contributed by atoms with van der Waals surface area (Å²) in [5, 5.41) is 2.83. The molecule has 5 nitrogen and oxygen atoms in total. The smallest absolute Gasteiger partial charge is 0.323 e. The Morgan fingerprint density at radius 1 is 1.33 bits per heavy atom. The lowest BCUT2D eigenvalue weighted by Crippen LogP contribution is -2.44. The van der Waals surface area contributed by atoms with E-state index in [2.05, 4.69) is 5.32 Å². The Balaban J connectivity index is 1.91. The van der Waals surface area contributed by atoms with Crippen molar-refractivity contribution < 1.29 is 14.4 Å². The Hall–Kier alpha value is -1.39. The quantitative estimate of drug-likeness (QED) is 0.756. The van der Waals surface area contributed by atoms with Gasteiger partial charge in [0, 0.05) is 19.4 Å². The van der Waals surface area contributed by atoms with Gasteiger partial charge in [0.2, 0.25) is 0 Å². The zero-order valence-electron chi connectivity index (χ0n) is 10.8. The first-order valence-corrected chi connectivity index (χ1v) is 6.75. The maximum atomic E-state index is 12.2. The molecule has 0 bridgehead atoms. The first kappa shape index (κ1) is 13.1. The lowest BCUT2D eigenvalue weighted by Gasteiger charge is -2.19. The molecule has 0 aromatic rings. The Morgan fingerprint density at radius 3 is 2.61 bits per heavy atom. The molecule has 100 valence electrons. The number of amides is 3. The van der Waals surface area contributed by atoms with E-state index in [1.807, 2.05) is 6.92 Å². The molecule has 0 unspecified atom stereocenters. The molecule has 2 fully saturated rings. The van der Waals surface area contributed by atoms with Crippen LogP contribution in [0.3, 0.4) is 0 Å². The number of ketones is 1. The number of hydrogen-bond acceptors (Lipinski definition) is 3. The van der Waals surface area contributed by atoms with E-state index < -0.39 is 5.54 Å². The van der Waals surface area contributed by atoms with Gasteiger partial charge in [-0.1, -0.05) is 19.8 Å². The highest BCUT2D eigenvalue weighted by Gasteiger charge is 2.51. The second kappa shape index (κ2) is 5.08. The number of carbonyl (C=O) groups excluding carboxylic acids is 3. The molecule has 1 saturated carbocycles. The number of carbonyl (C=O) groups is 3. The molecule has 1 aliphatic heterocycles. The van der Waals surface area contributed by atoms with Crippen LogP contribution < -0.4 is 5.32 Å². The van der Waals surface area contributed by atoms with Crippen LogP contribution in [0.25, 0.3) is 0 Å². The molecule has 1 saturated heterocycles. The lowest BCUT2D eigenvalue weighted by atomic mass is 9.98. The molecule has 5 heteroatoms. The van der Waals surface area contributed by atoms with Crippen LogP contribution in [0.1, 0.15) is 51.9 Å². The first-order valence-electron chi connectivity index (χ1n) is 6.75. The van der Waals surface area contributed by atoms with Gasteiger partial charge in [0.1, 0.15) is 11.3 Å². The number of urea groups is 1. The molecule has 1 N–H and O–H groups in total. The van der Waals surface area contributed by atoms with Gasteiger partial charge in [0.25, 0.3) is 5.91 Å². The molecular weight excluding hydrogens is 232 g/mol. The highest BCUT2D eigenvalue weighted by Crippen LogP contribution is 2.35.